The molecule has 4 heteroatoms. The SMILES string of the molecule is COc1cc(C)c(C)cc1C[N+](=O)[O-]. The molecule has 0 fully saturated rings. The number of methoxy groups -OCH3 is 1. The summed E-state index contributed by atoms with van der Waals surface area (Å²) in [4.78, 5) is 10.0. The summed E-state index contributed by atoms with van der Waals surface area (Å²) in [5.74, 6) is 0.588. The summed E-state index contributed by atoms with van der Waals surface area (Å²) in [6.07, 6.45) is 0. The number of hydrogen-bond donors (Lipinski definition) is 0. The van der Waals surface area contributed by atoms with Crippen LogP contribution in [0.3, 0.4) is 0 Å². The molecule has 0 bridgehead atoms. The number of nitro groups is 1. The van der Waals surface area contributed by atoms with E-state index in [2.05, 4.69) is 0 Å². The van der Waals surface area contributed by atoms with Gasteiger partial charge in [-0.1, -0.05) is 0 Å². The number of ether oxygens (including phenoxy) is 1. The second-order valence-corrected chi connectivity index (χ2v) is 3.24. The van der Waals surface area contributed by atoms with Crippen LogP contribution in [-0.4, -0.2) is 12.0 Å². The molecule has 0 unspecified atom stereocenters. The molecule has 0 saturated carbocycles. The maximum absolute atomic E-state index is 10.4. The lowest BCUT2D eigenvalue weighted by Crippen LogP contribution is -2.02. The third kappa shape index (κ3) is 2.22. The van der Waals surface area contributed by atoms with Crippen LogP contribution in [-0.2, 0) is 6.54 Å². The second-order valence-electron chi connectivity index (χ2n) is 3.24. The number of aryl methyl sites for hydroxylation is 2. The van der Waals surface area contributed by atoms with Crippen molar-refractivity contribution in [1.82, 2.24) is 0 Å². The fourth-order valence-corrected chi connectivity index (χ4v) is 1.30. The Balaban J connectivity index is 3.13. The largest absolute Gasteiger partial charge is 0.496 e. The maximum Gasteiger partial charge on any atom is 0.232 e. The van der Waals surface area contributed by atoms with Crippen molar-refractivity contribution in [2.45, 2.75) is 20.4 Å². The van der Waals surface area contributed by atoms with Crippen LogP contribution in [0.25, 0.3) is 0 Å². The average molecular weight is 195 g/mol. The van der Waals surface area contributed by atoms with Gasteiger partial charge in [-0.2, -0.15) is 0 Å². The smallest absolute Gasteiger partial charge is 0.232 e. The summed E-state index contributed by atoms with van der Waals surface area (Å²) >= 11 is 0. The fourth-order valence-electron chi connectivity index (χ4n) is 1.30. The summed E-state index contributed by atoms with van der Waals surface area (Å²) < 4.78 is 5.08. The third-order valence-corrected chi connectivity index (χ3v) is 2.20. The summed E-state index contributed by atoms with van der Waals surface area (Å²) in [6, 6.07) is 3.63. The minimum atomic E-state index is -0.355. The van der Waals surface area contributed by atoms with Crippen LogP contribution >= 0.6 is 0 Å². The van der Waals surface area contributed by atoms with Gasteiger partial charge in [0.1, 0.15) is 5.75 Å². The predicted octanol–water partition coefficient (Wildman–Crippen LogP) is 2.09. The van der Waals surface area contributed by atoms with E-state index in [-0.39, 0.29) is 11.5 Å². The summed E-state index contributed by atoms with van der Waals surface area (Å²) in [6.45, 7) is 3.69. The van der Waals surface area contributed by atoms with Crippen molar-refractivity contribution in [3.63, 3.8) is 0 Å². The summed E-state index contributed by atoms with van der Waals surface area (Å²) in [5, 5.41) is 10.4. The van der Waals surface area contributed by atoms with Gasteiger partial charge in [0.15, 0.2) is 0 Å². The van der Waals surface area contributed by atoms with E-state index in [0.717, 1.165) is 11.1 Å². The zero-order valence-corrected chi connectivity index (χ0v) is 8.53. The Morgan fingerprint density at radius 1 is 1.36 bits per heavy atom. The molecular formula is C10H13NO3. The Labute approximate surface area is 82.7 Å². The lowest BCUT2D eigenvalue weighted by atomic mass is 10.1. The van der Waals surface area contributed by atoms with Crippen molar-refractivity contribution >= 4 is 0 Å². The van der Waals surface area contributed by atoms with Gasteiger partial charge in [-0.05, 0) is 37.1 Å². The molecule has 0 heterocycles. The van der Waals surface area contributed by atoms with Gasteiger partial charge in [-0.15, -0.1) is 0 Å². The Morgan fingerprint density at radius 2 is 1.93 bits per heavy atom. The van der Waals surface area contributed by atoms with Gasteiger partial charge in [0.05, 0.1) is 12.7 Å². The maximum atomic E-state index is 10.4. The normalized spacial score (nSPS) is 9.93. The van der Waals surface area contributed by atoms with Crippen LogP contribution in [0.5, 0.6) is 5.75 Å². The Kier molecular flexibility index (Phi) is 3.06. The first-order chi connectivity index (χ1) is 6.54. The van der Waals surface area contributed by atoms with Crippen molar-refractivity contribution in [3.8, 4) is 5.75 Å². The quantitative estimate of drug-likeness (QED) is 0.548. The summed E-state index contributed by atoms with van der Waals surface area (Å²) in [5.41, 5.74) is 2.75. The van der Waals surface area contributed by atoms with Gasteiger partial charge in [0.25, 0.3) is 0 Å². The van der Waals surface area contributed by atoms with Crippen LogP contribution in [0.2, 0.25) is 0 Å². The van der Waals surface area contributed by atoms with Gasteiger partial charge >= 0.3 is 0 Å². The van der Waals surface area contributed by atoms with Gasteiger partial charge in [-0.3, -0.25) is 10.1 Å². The molecule has 0 aliphatic carbocycles. The molecular weight excluding hydrogens is 182 g/mol. The third-order valence-electron chi connectivity index (χ3n) is 2.20. The monoisotopic (exact) mass is 195 g/mol. The second kappa shape index (κ2) is 4.09. The molecule has 0 N–H and O–H groups in total. The molecule has 0 aromatic heterocycles. The van der Waals surface area contributed by atoms with E-state index in [1.807, 2.05) is 19.9 Å². The molecule has 76 valence electrons. The van der Waals surface area contributed by atoms with E-state index in [9.17, 15) is 10.1 Å². The van der Waals surface area contributed by atoms with Crippen molar-refractivity contribution in [2.24, 2.45) is 0 Å². The zero-order valence-electron chi connectivity index (χ0n) is 8.53. The van der Waals surface area contributed by atoms with Crippen LogP contribution in [0, 0.1) is 24.0 Å². The van der Waals surface area contributed by atoms with E-state index >= 15 is 0 Å². The first-order valence-electron chi connectivity index (χ1n) is 4.30. The van der Waals surface area contributed by atoms with Gasteiger partial charge in [0, 0.05) is 4.92 Å². The van der Waals surface area contributed by atoms with Crippen LogP contribution < -0.4 is 4.74 Å². The molecule has 14 heavy (non-hydrogen) atoms. The van der Waals surface area contributed by atoms with Crippen LogP contribution in [0.1, 0.15) is 16.7 Å². The summed E-state index contributed by atoms with van der Waals surface area (Å²) in [7, 11) is 1.52. The van der Waals surface area contributed by atoms with E-state index in [4.69, 9.17) is 4.74 Å². The molecule has 1 aromatic carbocycles. The molecule has 0 atom stereocenters. The molecule has 0 spiro atoms. The van der Waals surface area contributed by atoms with Crippen molar-refractivity contribution in [2.75, 3.05) is 7.11 Å². The topological polar surface area (TPSA) is 52.4 Å². The lowest BCUT2D eigenvalue weighted by Gasteiger charge is -2.08. The predicted molar refractivity (Wildman–Crippen MR) is 53.2 cm³/mol. The standard InChI is InChI=1S/C10H13NO3/c1-7-4-9(6-11(12)13)10(14-3)5-8(7)2/h4-5H,6H2,1-3H3. The van der Waals surface area contributed by atoms with E-state index in [1.165, 1.54) is 7.11 Å². The van der Waals surface area contributed by atoms with Gasteiger partial charge in [-0.25, -0.2) is 0 Å². The van der Waals surface area contributed by atoms with E-state index in [1.54, 1.807) is 6.07 Å². The highest BCUT2D eigenvalue weighted by atomic mass is 16.6. The highest BCUT2D eigenvalue weighted by Crippen LogP contribution is 2.23. The van der Waals surface area contributed by atoms with Crippen molar-refractivity contribution in [1.29, 1.82) is 0 Å². The molecule has 1 aromatic rings. The fraction of sp³-hybridized carbons (Fsp3) is 0.400. The van der Waals surface area contributed by atoms with Crippen molar-refractivity contribution in [3.05, 3.63) is 38.9 Å². The highest BCUT2D eigenvalue weighted by molar-refractivity contribution is 5.41. The lowest BCUT2D eigenvalue weighted by molar-refractivity contribution is -0.496. The Bertz CT molecular complexity index is 361. The number of nitrogens with zero attached hydrogens (tertiary/aromatic N) is 1. The van der Waals surface area contributed by atoms with Gasteiger partial charge < -0.3 is 4.74 Å². The number of hydrogen-bond acceptors (Lipinski definition) is 3. The molecule has 0 aliphatic rings. The van der Waals surface area contributed by atoms with Crippen LogP contribution in [0.4, 0.5) is 0 Å². The molecule has 0 aliphatic heterocycles. The average Bonchev–Trinajstić information content (AvgIpc) is 2.10. The number of rotatable bonds is 3. The molecule has 0 amide bonds. The Hall–Kier alpha value is -1.58. The minimum Gasteiger partial charge on any atom is -0.496 e. The zero-order chi connectivity index (χ0) is 10.7. The molecule has 0 saturated heterocycles. The van der Waals surface area contributed by atoms with E-state index < -0.39 is 0 Å². The van der Waals surface area contributed by atoms with Gasteiger partial charge in [0.2, 0.25) is 6.54 Å². The number of benzene rings is 1. The molecule has 1 rings (SSSR count). The Morgan fingerprint density at radius 3 is 2.43 bits per heavy atom. The molecule has 4 nitrogen and oxygen atoms in total. The first-order valence-corrected chi connectivity index (χ1v) is 4.30. The van der Waals surface area contributed by atoms with Crippen molar-refractivity contribution < 1.29 is 9.66 Å². The first kappa shape index (κ1) is 10.5. The molecule has 0 radical (unpaired) electrons. The minimum absolute atomic E-state index is 0.190. The van der Waals surface area contributed by atoms with E-state index in [0.29, 0.717) is 11.3 Å². The van der Waals surface area contributed by atoms with Crippen LogP contribution in [0.15, 0.2) is 12.1 Å². The highest BCUT2D eigenvalue weighted by Gasteiger charge is 2.10.